The Morgan fingerprint density at radius 3 is 1.60 bits per heavy atom. The molecule has 2 heterocycles. The predicted octanol–water partition coefficient (Wildman–Crippen LogP) is 6.54. The summed E-state index contributed by atoms with van der Waals surface area (Å²) in [5.74, 6) is -0.698. The van der Waals surface area contributed by atoms with Gasteiger partial charge in [-0.05, 0) is 43.2 Å². The molecule has 0 N–H and O–H groups in total. The zero-order chi connectivity index (χ0) is 36.0. The molecule has 0 radical (unpaired) electrons. The number of benzene rings is 6. The zero-order valence-electron chi connectivity index (χ0n) is 29.6. The standard InChI is InChI=1S/C24H20B.C21H23N2O4/c1-5-13-21(14-6-1)25(22-15-7-2-8-16-22,23-17-9-3-10-18-23)24-19-11-4-12-20-24;1-21(2)26-14-19(22-12-11-15-5-3-4-6-17(15)13-22)20(27-21)16-7-9-18(10-8-16)23(24)25/h1-20H;3-10,13,19-20H,11-12,14H2,1-2H3/q-1;+1/t;19-,20-/m.0/s1. The molecule has 0 aliphatic carbocycles. The van der Waals surface area contributed by atoms with Gasteiger partial charge in [-0.15, -0.1) is 0 Å². The number of non-ortho nitro benzene ring substituents is 1. The second kappa shape index (κ2) is 15.3. The summed E-state index contributed by atoms with van der Waals surface area (Å²) in [6.45, 7) is 5.22. The number of hydrogen-bond acceptors (Lipinski definition) is 4. The number of nitro groups is 1. The Hall–Kier alpha value is -5.63. The first-order valence-corrected chi connectivity index (χ1v) is 18.0. The highest BCUT2D eigenvalue weighted by atomic mass is 16.7. The molecule has 6 aromatic rings. The first kappa shape index (κ1) is 34.8. The van der Waals surface area contributed by atoms with Crippen molar-refractivity contribution in [1.82, 2.24) is 0 Å². The zero-order valence-corrected chi connectivity index (χ0v) is 29.6. The van der Waals surface area contributed by atoms with Gasteiger partial charge in [-0.25, -0.2) is 4.58 Å². The Morgan fingerprint density at radius 1 is 0.654 bits per heavy atom. The number of nitrogens with zero attached hydrogens (tertiary/aromatic N) is 2. The molecule has 0 aromatic heterocycles. The first-order valence-electron chi connectivity index (χ1n) is 18.0. The molecule has 0 unspecified atom stereocenters. The van der Waals surface area contributed by atoms with Gasteiger partial charge in [0.25, 0.3) is 5.69 Å². The van der Waals surface area contributed by atoms with E-state index in [9.17, 15) is 10.1 Å². The van der Waals surface area contributed by atoms with Crippen LogP contribution in [0.4, 0.5) is 5.69 Å². The fraction of sp³-hybridized carbons (Fsp3) is 0.178. The quantitative estimate of drug-likeness (QED) is 0.0829. The predicted molar refractivity (Wildman–Crippen MR) is 211 cm³/mol. The van der Waals surface area contributed by atoms with Crippen molar-refractivity contribution in [3.63, 3.8) is 0 Å². The highest BCUT2D eigenvalue weighted by Crippen LogP contribution is 2.35. The van der Waals surface area contributed by atoms with Crippen LogP contribution >= 0.6 is 0 Å². The van der Waals surface area contributed by atoms with E-state index >= 15 is 0 Å². The molecule has 2 aliphatic rings. The van der Waals surface area contributed by atoms with E-state index in [0.29, 0.717) is 6.61 Å². The SMILES string of the molecule is CC1(C)OC[C@H]([N+]2=Cc3ccccc3CC2)[C@H](c2ccc([N+](=O)[O-])cc2)O1.c1ccc([B-](c2ccccc2)(c2ccccc2)c2ccccc2)cc1. The van der Waals surface area contributed by atoms with Crippen molar-refractivity contribution in [3.05, 3.63) is 197 Å². The summed E-state index contributed by atoms with van der Waals surface area (Å²) in [6, 6.07) is 58.6. The summed E-state index contributed by atoms with van der Waals surface area (Å²) < 4.78 is 14.5. The van der Waals surface area contributed by atoms with Crippen LogP contribution in [0.2, 0.25) is 0 Å². The van der Waals surface area contributed by atoms with E-state index in [2.05, 4.69) is 150 Å². The van der Waals surface area contributed by atoms with E-state index < -0.39 is 11.9 Å². The van der Waals surface area contributed by atoms with Crippen LogP contribution in [0.15, 0.2) is 170 Å². The molecule has 6 aromatic carbocycles. The van der Waals surface area contributed by atoms with Crippen LogP contribution in [0.25, 0.3) is 0 Å². The molecular weight excluding hydrogens is 643 g/mol. The molecule has 1 saturated heterocycles. The molecule has 0 bridgehead atoms. The minimum Gasteiger partial charge on any atom is -0.343 e. The highest BCUT2D eigenvalue weighted by molar-refractivity contribution is 7.19. The summed E-state index contributed by atoms with van der Waals surface area (Å²) in [5.41, 5.74) is 8.93. The molecule has 0 spiro atoms. The lowest BCUT2D eigenvalue weighted by Crippen LogP contribution is -2.74. The average Bonchev–Trinajstić information content (AvgIpc) is 3.20. The van der Waals surface area contributed by atoms with Crippen molar-refractivity contribution in [1.29, 1.82) is 0 Å². The number of ether oxygens (including phenoxy) is 2. The van der Waals surface area contributed by atoms with Crippen LogP contribution in [0.3, 0.4) is 0 Å². The maximum absolute atomic E-state index is 11.0. The van der Waals surface area contributed by atoms with E-state index in [1.54, 1.807) is 12.1 Å². The summed E-state index contributed by atoms with van der Waals surface area (Å²) in [6.07, 6.45) is 1.70. The minimum atomic E-state index is -1.22. The van der Waals surface area contributed by atoms with Crippen LogP contribution in [-0.2, 0) is 15.9 Å². The average molecular weight is 687 g/mol. The Labute approximate surface area is 306 Å². The molecule has 0 amide bonds. The van der Waals surface area contributed by atoms with E-state index in [1.165, 1.54) is 45.1 Å². The Kier molecular flexibility index (Phi) is 10.3. The molecule has 1 fully saturated rings. The topological polar surface area (TPSA) is 64.6 Å². The lowest BCUT2D eigenvalue weighted by Gasteiger charge is -2.44. The van der Waals surface area contributed by atoms with E-state index in [1.807, 2.05) is 19.9 Å². The van der Waals surface area contributed by atoms with Crippen LogP contribution < -0.4 is 21.9 Å². The van der Waals surface area contributed by atoms with Gasteiger partial charge < -0.3 is 9.47 Å². The summed E-state index contributed by atoms with van der Waals surface area (Å²) >= 11 is 0. The Morgan fingerprint density at radius 2 is 1.12 bits per heavy atom. The second-order valence-electron chi connectivity index (χ2n) is 14.0. The smallest absolute Gasteiger partial charge is 0.269 e. The maximum Gasteiger partial charge on any atom is 0.269 e. The van der Waals surface area contributed by atoms with Gasteiger partial charge in [0.15, 0.2) is 12.0 Å². The van der Waals surface area contributed by atoms with Crippen molar-refractivity contribution in [2.75, 3.05) is 13.2 Å². The lowest BCUT2D eigenvalue weighted by molar-refractivity contribution is -0.595. The number of rotatable bonds is 7. The fourth-order valence-electron chi connectivity index (χ4n) is 7.90. The van der Waals surface area contributed by atoms with Crippen molar-refractivity contribution in [2.45, 2.75) is 38.2 Å². The van der Waals surface area contributed by atoms with Crippen LogP contribution in [0.5, 0.6) is 0 Å². The Balaban J connectivity index is 0.000000162. The first-order chi connectivity index (χ1) is 25.3. The van der Waals surface area contributed by atoms with Crippen LogP contribution in [0.1, 0.15) is 36.6 Å². The number of hydrogen-bond donors (Lipinski definition) is 0. The fourth-order valence-corrected chi connectivity index (χ4v) is 7.90. The summed E-state index contributed by atoms with van der Waals surface area (Å²) in [5, 5.41) is 11.0. The lowest BCUT2D eigenvalue weighted by atomic mass is 9.13. The van der Waals surface area contributed by atoms with Gasteiger partial charge in [0.1, 0.15) is 25.4 Å². The minimum absolute atomic E-state index is 0.00726. The molecule has 52 heavy (non-hydrogen) atoms. The maximum atomic E-state index is 11.0. The second-order valence-corrected chi connectivity index (χ2v) is 14.0. The van der Waals surface area contributed by atoms with Gasteiger partial charge in [0, 0.05) is 24.1 Å². The van der Waals surface area contributed by atoms with E-state index in [-0.39, 0.29) is 22.8 Å². The van der Waals surface area contributed by atoms with Gasteiger partial charge in [-0.3, -0.25) is 10.1 Å². The Bertz CT molecular complexity index is 1960. The van der Waals surface area contributed by atoms with Gasteiger partial charge >= 0.3 is 0 Å². The monoisotopic (exact) mass is 686 g/mol. The van der Waals surface area contributed by atoms with Gasteiger partial charge in [-0.1, -0.05) is 140 Å². The number of fused-ring (bicyclic) bond motifs is 1. The highest BCUT2D eigenvalue weighted by Gasteiger charge is 2.44. The van der Waals surface area contributed by atoms with E-state index in [4.69, 9.17) is 9.47 Å². The molecule has 260 valence electrons. The molecule has 2 aliphatic heterocycles. The van der Waals surface area contributed by atoms with Gasteiger partial charge in [0.05, 0.1) is 4.92 Å². The normalized spacial score (nSPS) is 17.8. The van der Waals surface area contributed by atoms with Gasteiger partial charge in [-0.2, -0.15) is 21.9 Å². The number of nitro benzene ring substituents is 1. The largest absolute Gasteiger partial charge is 0.343 e. The molecular formula is C45H43BN2O4. The third-order valence-corrected chi connectivity index (χ3v) is 10.4. The molecule has 6 nitrogen and oxygen atoms in total. The van der Waals surface area contributed by atoms with Crippen molar-refractivity contribution in [2.24, 2.45) is 0 Å². The molecule has 2 atom stereocenters. The third kappa shape index (κ3) is 7.24. The molecule has 8 rings (SSSR count). The van der Waals surface area contributed by atoms with Gasteiger partial charge in [0.2, 0.25) is 6.04 Å². The molecule has 7 heteroatoms. The van der Waals surface area contributed by atoms with Crippen LogP contribution in [0, 0.1) is 10.1 Å². The van der Waals surface area contributed by atoms with Crippen molar-refractivity contribution >= 4 is 39.9 Å². The molecule has 0 saturated carbocycles. The summed E-state index contributed by atoms with van der Waals surface area (Å²) in [7, 11) is 0. The van der Waals surface area contributed by atoms with Crippen molar-refractivity contribution < 1.29 is 19.0 Å². The third-order valence-electron chi connectivity index (χ3n) is 10.4. The van der Waals surface area contributed by atoms with Crippen molar-refractivity contribution in [3.8, 4) is 0 Å². The van der Waals surface area contributed by atoms with Crippen LogP contribution in [-0.4, -0.2) is 46.8 Å². The van der Waals surface area contributed by atoms with E-state index in [0.717, 1.165) is 18.5 Å². The summed E-state index contributed by atoms with van der Waals surface area (Å²) in [4.78, 5) is 10.6.